The van der Waals surface area contributed by atoms with E-state index in [0.29, 0.717) is 6.42 Å². The van der Waals surface area contributed by atoms with Crippen molar-refractivity contribution >= 4 is 34.2 Å². The van der Waals surface area contributed by atoms with E-state index in [4.69, 9.17) is 12.2 Å². The van der Waals surface area contributed by atoms with Crippen molar-refractivity contribution < 1.29 is 4.79 Å². The summed E-state index contributed by atoms with van der Waals surface area (Å²) in [5, 5.41) is 0. The number of unbranched alkanes of at least 4 members (excludes halogenated alkanes) is 3. The average Bonchev–Trinajstić information content (AvgIpc) is 2.59. The van der Waals surface area contributed by atoms with Crippen molar-refractivity contribution in [3.63, 3.8) is 0 Å². The van der Waals surface area contributed by atoms with Gasteiger partial charge in [0.2, 0.25) is 5.91 Å². The Balaban J connectivity index is 2.18. The zero-order valence-corrected chi connectivity index (χ0v) is 9.96. The third kappa shape index (κ3) is 3.58. The summed E-state index contributed by atoms with van der Waals surface area (Å²) >= 11 is 6.68. The minimum absolute atomic E-state index is 0.198. The molecule has 0 unspecified atom stereocenters. The Morgan fingerprint density at radius 3 is 2.86 bits per heavy atom. The lowest BCUT2D eigenvalue weighted by atomic mass is 10.1. The summed E-state index contributed by atoms with van der Waals surface area (Å²) in [5.74, 6) is 1.16. The summed E-state index contributed by atoms with van der Waals surface area (Å²) in [6.45, 7) is 4.58. The van der Waals surface area contributed by atoms with E-state index < -0.39 is 0 Å². The van der Waals surface area contributed by atoms with Crippen molar-refractivity contribution in [2.45, 2.75) is 32.1 Å². The normalized spacial score (nSPS) is 16.4. The molecule has 1 fully saturated rings. The molecule has 14 heavy (non-hydrogen) atoms. The molecule has 79 valence electrons. The predicted molar refractivity (Wildman–Crippen MR) is 65.2 cm³/mol. The third-order valence-corrected chi connectivity index (χ3v) is 3.63. The summed E-state index contributed by atoms with van der Waals surface area (Å²) in [7, 11) is 0. The summed E-state index contributed by atoms with van der Waals surface area (Å²) in [6, 6.07) is 0. The van der Waals surface area contributed by atoms with Crippen LogP contribution in [0.4, 0.5) is 0 Å². The number of carbonyl (C=O) groups excluding carboxylic acids is 1. The van der Waals surface area contributed by atoms with Gasteiger partial charge in [-0.25, -0.2) is 0 Å². The van der Waals surface area contributed by atoms with Crippen LogP contribution in [0.15, 0.2) is 0 Å². The highest BCUT2D eigenvalue weighted by Crippen LogP contribution is 2.19. The first-order chi connectivity index (χ1) is 6.75. The maximum absolute atomic E-state index is 11.6. The number of thioether (sulfide) groups is 1. The van der Waals surface area contributed by atoms with Gasteiger partial charge in [0.05, 0.1) is 0 Å². The number of rotatable bonds is 5. The molecule has 0 spiro atoms. The van der Waals surface area contributed by atoms with Gasteiger partial charge in [-0.1, -0.05) is 50.2 Å². The van der Waals surface area contributed by atoms with Crippen LogP contribution in [0, 0.1) is 6.92 Å². The molecule has 0 atom stereocenters. The molecular formula is C10H16NOS2. The molecule has 1 saturated heterocycles. The molecule has 4 heteroatoms. The molecule has 1 radical (unpaired) electrons. The summed E-state index contributed by atoms with van der Waals surface area (Å²) in [6.07, 6.45) is 4.79. The van der Waals surface area contributed by atoms with Crippen LogP contribution in [0.25, 0.3) is 0 Å². The number of hydrogen-bond acceptors (Lipinski definition) is 3. The van der Waals surface area contributed by atoms with Gasteiger partial charge < -0.3 is 0 Å². The molecule has 0 aliphatic carbocycles. The molecule has 1 aliphatic heterocycles. The zero-order valence-electron chi connectivity index (χ0n) is 8.33. The molecule has 0 N–H and O–H groups in total. The predicted octanol–water partition coefficient (Wildman–Crippen LogP) is 2.63. The van der Waals surface area contributed by atoms with Gasteiger partial charge in [-0.3, -0.25) is 9.69 Å². The first-order valence-corrected chi connectivity index (χ1v) is 6.41. The zero-order chi connectivity index (χ0) is 10.4. The van der Waals surface area contributed by atoms with Crippen LogP contribution in [-0.2, 0) is 4.79 Å². The topological polar surface area (TPSA) is 20.3 Å². The van der Waals surface area contributed by atoms with Gasteiger partial charge in [-0.15, -0.1) is 0 Å². The Labute approximate surface area is 95.4 Å². The largest absolute Gasteiger partial charge is 0.297 e. The van der Waals surface area contributed by atoms with Crippen LogP contribution in [0.1, 0.15) is 32.1 Å². The Bertz CT molecular complexity index is 218. The van der Waals surface area contributed by atoms with E-state index in [1.54, 1.807) is 16.7 Å². The molecule has 1 aliphatic rings. The summed E-state index contributed by atoms with van der Waals surface area (Å²) in [4.78, 5) is 13.4. The average molecular weight is 230 g/mol. The smallest absolute Gasteiger partial charge is 0.228 e. The number of nitrogens with zero attached hydrogens (tertiary/aromatic N) is 1. The Morgan fingerprint density at radius 2 is 2.29 bits per heavy atom. The van der Waals surface area contributed by atoms with Crippen LogP contribution in [-0.4, -0.2) is 27.4 Å². The maximum Gasteiger partial charge on any atom is 0.228 e. The Morgan fingerprint density at radius 1 is 1.50 bits per heavy atom. The van der Waals surface area contributed by atoms with E-state index >= 15 is 0 Å². The van der Waals surface area contributed by atoms with Crippen LogP contribution in [0.3, 0.4) is 0 Å². The van der Waals surface area contributed by atoms with Crippen molar-refractivity contribution in [3.8, 4) is 0 Å². The van der Waals surface area contributed by atoms with E-state index in [-0.39, 0.29) is 5.91 Å². The molecule has 1 heterocycles. The summed E-state index contributed by atoms with van der Waals surface area (Å²) in [5.41, 5.74) is 0. The lowest BCUT2D eigenvalue weighted by Crippen LogP contribution is -2.30. The standard InChI is InChI=1S/C10H16NOS2/c1-2-3-4-5-6-9(12)11-7-8-14-10(11)13/h1-8H2. The highest BCUT2D eigenvalue weighted by Gasteiger charge is 2.22. The lowest BCUT2D eigenvalue weighted by Gasteiger charge is -2.14. The van der Waals surface area contributed by atoms with Crippen molar-refractivity contribution in [3.05, 3.63) is 6.92 Å². The number of hydrogen-bond donors (Lipinski definition) is 0. The Kier molecular flexibility index (Phi) is 5.48. The maximum atomic E-state index is 11.6. The minimum Gasteiger partial charge on any atom is -0.297 e. The first-order valence-electron chi connectivity index (χ1n) is 5.02. The van der Waals surface area contributed by atoms with E-state index in [1.807, 2.05) is 0 Å². The van der Waals surface area contributed by atoms with E-state index in [2.05, 4.69) is 6.92 Å². The fourth-order valence-electron chi connectivity index (χ4n) is 1.38. The van der Waals surface area contributed by atoms with Crippen molar-refractivity contribution in [1.29, 1.82) is 0 Å². The first kappa shape index (κ1) is 12.0. The van der Waals surface area contributed by atoms with Gasteiger partial charge in [0.25, 0.3) is 0 Å². The fourth-order valence-corrected chi connectivity index (χ4v) is 2.63. The van der Waals surface area contributed by atoms with Crippen molar-refractivity contribution in [2.75, 3.05) is 12.3 Å². The molecule has 0 bridgehead atoms. The lowest BCUT2D eigenvalue weighted by molar-refractivity contribution is -0.126. The number of thiocarbonyl (C=S) groups is 1. The molecule has 0 aromatic rings. The van der Waals surface area contributed by atoms with Crippen molar-refractivity contribution in [1.82, 2.24) is 4.90 Å². The second-order valence-corrected chi connectivity index (χ2v) is 5.05. The molecule has 1 amide bonds. The second kappa shape index (κ2) is 6.40. The minimum atomic E-state index is 0.198. The second-order valence-electron chi connectivity index (χ2n) is 3.32. The van der Waals surface area contributed by atoms with Gasteiger partial charge in [-0.2, -0.15) is 0 Å². The quantitative estimate of drug-likeness (QED) is 0.535. The van der Waals surface area contributed by atoms with E-state index in [1.165, 1.54) is 0 Å². The molecule has 0 saturated carbocycles. The van der Waals surface area contributed by atoms with Crippen LogP contribution >= 0.6 is 24.0 Å². The Hall–Kier alpha value is -0.0900. The monoisotopic (exact) mass is 230 g/mol. The SMILES string of the molecule is [CH2]CCCCCC(=O)N1CCSC1=S. The van der Waals surface area contributed by atoms with Gasteiger partial charge in [-0.05, 0) is 6.42 Å². The molecular weight excluding hydrogens is 214 g/mol. The van der Waals surface area contributed by atoms with E-state index in [0.717, 1.165) is 42.3 Å². The van der Waals surface area contributed by atoms with Crippen LogP contribution < -0.4 is 0 Å². The van der Waals surface area contributed by atoms with E-state index in [9.17, 15) is 4.79 Å². The van der Waals surface area contributed by atoms with Gasteiger partial charge in [0.15, 0.2) is 0 Å². The fraction of sp³-hybridized carbons (Fsp3) is 0.700. The number of carbonyl (C=O) groups is 1. The third-order valence-electron chi connectivity index (χ3n) is 2.20. The van der Waals surface area contributed by atoms with Crippen LogP contribution in [0.2, 0.25) is 0 Å². The number of amides is 1. The molecule has 0 aromatic heterocycles. The van der Waals surface area contributed by atoms with Gasteiger partial charge in [0, 0.05) is 18.7 Å². The molecule has 1 rings (SSSR count). The van der Waals surface area contributed by atoms with Gasteiger partial charge >= 0.3 is 0 Å². The molecule has 0 aromatic carbocycles. The summed E-state index contributed by atoms with van der Waals surface area (Å²) < 4.78 is 0.757. The van der Waals surface area contributed by atoms with Crippen LogP contribution in [0.5, 0.6) is 0 Å². The highest BCUT2D eigenvalue weighted by molar-refractivity contribution is 8.23. The highest BCUT2D eigenvalue weighted by atomic mass is 32.2. The van der Waals surface area contributed by atoms with Gasteiger partial charge in [0.1, 0.15) is 4.32 Å². The molecule has 2 nitrogen and oxygen atoms in total. The van der Waals surface area contributed by atoms with Crippen molar-refractivity contribution in [2.24, 2.45) is 0 Å².